The fourth-order valence-electron chi connectivity index (χ4n) is 1.23. The van der Waals surface area contributed by atoms with E-state index in [2.05, 4.69) is 15.3 Å². The summed E-state index contributed by atoms with van der Waals surface area (Å²) in [6, 6.07) is 6.70. The molecule has 2 aromatic rings. The summed E-state index contributed by atoms with van der Waals surface area (Å²) in [7, 11) is 0. The first-order valence-corrected chi connectivity index (χ1v) is 4.69. The second-order valence-electron chi connectivity index (χ2n) is 3.13. The minimum atomic E-state index is -0.329. The molecule has 0 aromatic carbocycles. The Kier molecular flexibility index (Phi) is 2.77. The lowest BCUT2D eigenvalue weighted by Gasteiger charge is -2.05. The zero-order valence-electron chi connectivity index (χ0n) is 8.42. The summed E-state index contributed by atoms with van der Waals surface area (Å²) < 4.78 is 0. The third kappa shape index (κ3) is 2.14. The van der Waals surface area contributed by atoms with E-state index in [0.717, 1.165) is 0 Å². The van der Waals surface area contributed by atoms with Gasteiger partial charge in [-0.15, -0.1) is 0 Å². The van der Waals surface area contributed by atoms with Crippen molar-refractivity contribution in [1.82, 2.24) is 9.97 Å². The Morgan fingerprint density at radius 3 is 2.62 bits per heavy atom. The van der Waals surface area contributed by atoms with Crippen molar-refractivity contribution in [2.75, 3.05) is 11.1 Å². The van der Waals surface area contributed by atoms with Crippen LogP contribution in [0.15, 0.2) is 42.9 Å². The number of hydrogen-bond donors (Lipinski definition) is 2. The molecule has 0 aliphatic carbocycles. The molecule has 2 heterocycles. The minimum absolute atomic E-state index is 0.222. The van der Waals surface area contributed by atoms with Crippen molar-refractivity contribution >= 4 is 17.3 Å². The maximum absolute atomic E-state index is 11.8. The van der Waals surface area contributed by atoms with Crippen LogP contribution in [0.1, 0.15) is 10.5 Å². The molecule has 5 nitrogen and oxygen atoms in total. The lowest BCUT2D eigenvalue weighted by molar-refractivity contribution is 0.102. The first-order chi connectivity index (χ1) is 7.77. The van der Waals surface area contributed by atoms with Gasteiger partial charge in [0.2, 0.25) is 0 Å². The Morgan fingerprint density at radius 1 is 1.19 bits per heavy atom. The number of hydrogen-bond acceptors (Lipinski definition) is 4. The van der Waals surface area contributed by atoms with Crippen LogP contribution in [-0.4, -0.2) is 15.9 Å². The lowest BCUT2D eigenvalue weighted by Crippen LogP contribution is -2.15. The van der Waals surface area contributed by atoms with Gasteiger partial charge in [-0.3, -0.25) is 9.78 Å². The molecule has 0 unspecified atom stereocenters. The summed E-state index contributed by atoms with van der Waals surface area (Å²) in [5.74, 6) is -0.329. The molecule has 2 rings (SSSR count). The van der Waals surface area contributed by atoms with E-state index >= 15 is 0 Å². The Labute approximate surface area is 92.3 Å². The fraction of sp³-hybridized carbons (Fsp3) is 0. The van der Waals surface area contributed by atoms with Crippen molar-refractivity contribution in [2.24, 2.45) is 0 Å². The number of rotatable bonds is 2. The van der Waals surface area contributed by atoms with Crippen LogP contribution in [0, 0.1) is 0 Å². The summed E-state index contributed by atoms with van der Waals surface area (Å²) in [6.45, 7) is 0. The first-order valence-electron chi connectivity index (χ1n) is 4.69. The molecule has 3 N–H and O–H groups in total. The molecule has 1 amide bonds. The molecular weight excluding hydrogens is 204 g/mol. The predicted molar refractivity (Wildman–Crippen MR) is 60.8 cm³/mol. The van der Waals surface area contributed by atoms with Crippen molar-refractivity contribution in [3.05, 3.63) is 48.5 Å². The second kappa shape index (κ2) is 4.39. The number of carbonyl (C=O) groups is 1. The maximum atomic E-state index is 11.8. The van der Waals surface area contributed by atoms with Crippen LogP contribution in [0.3, 0.4) is 0 Å². The predicted octanol–water partition coefficient (Wildman–Crippen LogP) is 1.31. The second-order valence-corrected chi connectivity index (χ2v) is 3.13. The van der Waals surface area contributed by atoms with Gasteiger partial charge in [0.25, 0.3) is 5.91 Å². The van der Waals surface area contributed by atoms with E-state index in [1.165, 1.54) is 6.20 Å². The molecule has 0 fully saturated rings. The number of nitrogens with zero attached hydrogens (tertiary/aromatic N) is 2. The third-order valence-electron chi connectivity index (χ3n) is 1.99. The number of amides is 1. The molecule has 0 spiro atoms. The molecule has 0 aliphatic heterocycles. The summed E-state index contributed by atoms with van der Waals surface area (Å²) in [4.78, 5) is 19.5. The largest absolute Gasteiger partial charge is 0.397 e. The quantitative estimate of drug-likeness (QED) is 0.789. The summed E-state index contributed by atoms with van der Waals surface area (Å²) in [5.41, 5.74) is 6.87. The van der Waals surface area contributed by atoms with Gasteiger partial charge in [0, 0.05) is 24.3 Å². The van der Waals surface area contributed by atoms with Crippen molar-refractivity contribution < 1.29 is 4.79 Å². The maximum Gasteiger partial charge on any atom is 0.276 e. The molecule has 0 saturated carbocycles. The molecule has 0 aliphatic rings. The van der Waals surface area contributed by atoms with Gasteiger partial charge in [-0.2, -0.15) is 0 Å². The molecule has 5 heteroatoms. The van der Waals surface area contributed by atoms with Gasteiger partial charge in [0.05, 0.1) is 5.69 Å². The van der Waals surface area contributed by atoms with Crippen LogP contribution in [0.4, 0.5) is 11.4 Å². The van der Waals surface area contributed by atoms with Crippen LogP contribution >= 0.6 is 0 Å². The number of carbonyl (C=O) groups excluding carboxylic acids is 1. The molecule has 0 bridgehead atoms. The fourth-order valence-corrected chi connectivity index (χ4v) is 1.23. The van der Waals surface area contributed by atoms with Gasteiger partial charge in [0.15, 0.2) is 5.69 Å². The average Bonchev–Trinajstić information content (AvgIpc) is 2.31. The molecule has 2 aromatic heterocycles. The van der Waals surface area contributed by atoms with E-state index in [1.54, 1.807) is 36.7 Å². The molecule has 16 heavy (non-hydrogen) atoms. The number of nitrogen functional groups attached to an aromatic ring is 1. The lowest BCUT2D eigenvalue weighted by atomic mass is 10.3. The summed E-state index contributed by atoms with van der Waals surface area (Å²) in [5, 5.41) is 2.68. The van der Waals surface area contributed by atoms with E-state index in [9.17, 15) is 4.79 Å². The Balaban J connectivity index is 2.19. The van der Waals surface area contributed by atoms with Gasteiger partial charge < -0.3 is 11.1 Å². The van der Waals surface area contributed by atoms with Crippen molar-refractivity contribution in [3.63, 3.8) is 0 Å². The first kappa shape index (κ1) is 10.1. The highest BCUT2D eigenvalue weighted by molar-refractivity contribution is 6.06. The highest BCUT2D eigenvalue weighted by Gasteiger charge is 2.10. The van der Waals surface area contributed by atoms with Crippen LogP contribution in [0.25, 0.3) is 0 Å². The van der Waals surface area contributed by atoms with Crippen molar-refractivity contribution in [2.45, 2.75) is 0 Å². The Bertz CT molecular complexity index is 498. The molecule has 80 valence electrons. The monoisotopic (exact) mass is 214 g/mol. The van der Waals surface area contributed by atoms with E-state index in [1.807, 2.05) is 0 Å². The van der Waals surface area contributed by atoms with Gasteiger partial charge in [-0.1, -0.05) is 0 Å². The molecule has 0 radical (unpaired) electrons. The zero-order chi connectivity index (χ0) is 11.4. The zero-order valence-corrected chi connectivity index (χ0v) is 8.42. The van der Waals surface area contributed by atoms with Crippen molar-refractivity contribution in [3.8, 4) is 0 Å². The summed E-state index contributed by atoms with van der Waals surface area (Å²) >= 11 is 0. The van der Waals surface area contributed by atoms with E-state index in [4.69, 9.17) is 5.73 Å². The highest BCUT2D eigenvalue weighted by Crippen LogP contribution is 2.10. The number of pyridine rings is 2. The molecule has 0 atom stereocenters. The number of nitrogens with one attached hydrogen (secondary N) is 1. The van der Waals surface area contributed by atoms with Gasteiger partial charge in [-0.05, 0) is 24.3 Å². The van der Waals surface area contributed by atoms with Crippen molar-refractivity contribution in [1.29, 1.82) is 0 Å². The van der Waals surface area contributed by atoms with Crippen LogP contribution in [-0.2, 0) is 0 Å². The number of aromatic nitrogens is 2. The standard InChI is InChI=1S/C11H10N4O/c12-9-2-1-5-14-10(9)11(16)15-8-3-6-13-7-4-8/h1-7H,12H2,(H,13,15,16). The number of anilines is 2. The third-order valence-corrected chi connectivity index (χ3v) is 1.99. The van der Waals surface area contributed by atoms with Gasteiger partial charge >= 0.3 is 0 Å². The Morgan fingerprint density at radius 2 is 1.94 bits per heavy atom. The van der Waals surface area contributed by atoms with Gasteiger partial charge in [0.1, 0.15) is 0 Å². The summed E-state index contributed by atoms with van der Waals surface area (Å²) in [6.07, 6.45) is 4.71. The minimum Gasteiger partial charge on any atom is -0.397 e. The average molecular weight is 214 g/mol. The topological polar surface area (TPSA) is 80.9 Å². The van der Waals surface area contributed by atoms with E-state index < -0.39 is 0 Å². The highest BCUT2D eigenvalue weighted by atomic mass is 16.1. The smallest absolute Gasteiger partial charge is 0.276 e. The van der Waals surface area contributed by atoms with Crippen LogP contribution in [0.2, 0.25) is 0 Å². The SMILES string of the molecule is Nc1cccnc1C(=O)Nc1ccncc1. The molecule has 0 saturated heterocycles. The van der Waals surface area contributed by atoms with E-state index in [0.29, 0.717) is 11.4 Å². The number of nitrogens with two attached hydrogens (primary N) is 1. The molecular formula is C11H10N4O. The van der Waals surface area contributed by atoms with Gasteiger partial charge in [-0.25, -0.2) is 4.98 Å². The van der Waals surface area contributed by atoms with Crippen LogP contribution < -0.4 is 11.1 Å². The van der Waals surface area contributed by atoms with E-state index in [-0.39, 0.29) is 11.6 Å². The Hall–Kier alpha value is -2.43. The normalized spacial score (nSPS) is 9.75. The van der Waals surface area contributed by atoms with Crippen LogP contribution in [0.5, 0.6) is 0 Å².